The van der Waals surface area contributed by atoms with Crippen LogP contribution >= 0.6 is 0 Å². The van der Waals surface area contributed by atoms with E-state index in [1.54, 1.807) is 0 Å². The summed E-state index contributed by atoms with van der Waals surface area (Å²) in [7, 11) is 0. The second kappa shape index (κ2) is 4.37. The zero-order valence-corrected chi connectivity index (χ0v) is 9.38. The number of allylic oxidation sites excluding steroid dienone is 1. The van der Waals surface area contributed by atoms with Crippen molar-refractivity contribution in [3.8, 4) is 0 Å². The van der Waals surface area contributed by atoms with Crippen molar-refractivity contribution in [2.24, 2.45) is 0 Å². The first-order valence-corrected chi connectivity index (χ1v) is 5.28. The summed E-state index contributed by atoms with van der Waals surface area (Å²) in [5, 5.41) is 23.8. The van der Waals surface area contributed by atoms with Crippen LogP contribution in [0.3, 0.4) is 0 Å². The minimum absolute atomic E-state index is 0.00238. The zero-order valence-electron chi connectivity index (χ0n) is 9.38. The molecular weight excluding hydrogens is 244 g/mol. The van der Waals surface area contributed by atoms with E-state index in [1.165, 1.54) is 0 Å². The number of nitrogens with one attached hydrogen (secondary N) is 2. The third-order valence-electron chi connectivity index (χ3n) is 2.65. The van der Waals surface area contributed by atoms with Crippen molar-refractivity contribution in [2.75, 3.05) is 19.8 Å². The lowest BCUT2D eigenvalue weighted by Crippen LogP contribution is -2.59. The van der Waals surface area contributed by atoms with Gasteiger partial charge in [-0.1, -0.05) is 0 Å². The number of urea groups is 1. The Kier molecular flexibility index (Phi) is 3.03. The molecule has 1 unspecified atom stereocenters. The van der Waals surface area contributed by atoms with Gasteiger partial charge in [0.25, 0.3) is 0 Å². The Morgan fingerprint density at radius 3 is 2.89 bits per heavy atom. The SMILES string of the molecule is O=C1CC(=O)N(C(=O)N[N+]2([O-])CCNC2)C=C1O. The first-order valence-electron chi connectivity index (χ1n) is 5.28. The summed E-state index contributed by atoms with van der Waals surface area (Å²) in [4.78, 5) is 34.7. The van der Waals surface area contributed by atoms with E-state index in [2.05, 4.69) is 10.7 Å². The van der Waals surface area contributed by atoms with Gasteiger partial charge in [-0.15, -0.1) is 0 Å². The Bertz CT molecular complexity index is 440. The van der Waals surface area contributed by atoms with Crippen LogP contribution < -0.4 is 10.7 Å². The van der Waals surface area contributed by atoms with Gasteiger partial charge in [-0.3, -0.25) is 14.9 Å². The van der Waals surface area contributed by atoms with E-state index in [-0.39, 0.29) is 13.2 Å². The van der Waals surface area contributed by atoms with E-state index in [4.69, 9.17) is 0 Å². The minimum atomic E-state index is -0.995. The Morgan fingerprint density at radius 1 is 1.56 bits per heavy atom. The first-order chi connectivity index (χ1) is 8.41. The molecule has 1 fully saturated rings. The molecule has 9 nitrogen and oxygen atoms in total. The number of amides is 3. The van der Waals surface area contributed by atoms with Gasteiger partial charge in [-0.05, 0) is 0 Å². The predicted molar refractivity (Wildman–Crippen MR) is 57.1 cm³/mol. The second-order valence-corrected chi connectivity index (χ2v) is 4.07. The van der Waals surface area contributed by atoms with E-state index in [0.29, 0.717) is 11.4 Å². The fourth-order valence-corrected chi connectivity index (χ4v) is 1.67. The summed E-state index contributed by atoms with van der Waals surface area (Å²) in [6.45, 7) is 0.599. The van der Waals surface area contributed by atoms with Crippen molar-refractivity contribution in [2.45, 2.75) is 6.42 Å². The maximum absolute atomic E-state index is 11.9. The molecule has 98 valence electrons. The van der Waals surface area contributed by atoms with Crippen LogP contribution in [0.15, 0.2) is 12.0 Å². The van der Waals surface area contributed by atoms with Crippen LogP contribution in [0.2, 0.25) is 0 Å². The van der Waals surface area contributed by atoms with Gasteiger partial charge in [0.1, 0.15) is 6.54 Å². The monoisotopic (exact) mass is 256 g/mol. The lowest BCUT2D eigenvalue weighted by Gasteiger charge is -2.37. The summed E-state index contributed by atoms with van der Waals surface area (Å²) >= 11 is 0. The van der Waals surface area contributed by atoms with Gasteiger partial charge < -0.3 is 10.3 Å². The normalized spacial score (nSPS) is 28.3. The van der Waals surface area contributed by atoms with Crippen molar-refractivity contribution in [3.63, 3.8) is 0 Å². The van der Waals surface area contributed by atoms with Crippen LogP contribution in [0, 0.1) is 5.21 Å². The molecule has 1 atom stereocenters. The Morgan fingerprint density at radius 2 is 2.28 bits per heavy atom. The largest absolute Gasteiger partial charge is 0.605 e. The minimum Gasteiger partial charge on any atom is -0.605 e. The Labute approximate surface area is 102 Å². The van der Waals surface area contributed by atoms with Crippen LogP contribution in [0.5, 0.6) is 0 Å². The molecule has 1 saturated heterocycles. The van der Waals surface area contributed by atoms with Crippen molar-refractivity contribution < 1.29 is 24.2 Å². The molecule has 18 heavy (non-hydrogen) atoms. The molecule has 2 aliphatic rings. The van der Waals surface area contributed by atoms with Crippen molar-refractivity contribution in [1.29, 1.82) is 0 Å². The number of imide groups is 1. The number of hydrogen-bond acceptors (Lipinski definition) is 6. The van der Waals surface area contributed by atoms with Gasteiger partial charge in [0.2, 0.25) is 11.7 Å². The summed E-state index contributed by atoms with van der Waals surface area (Å²) in [6.07, 6.45) is 0.131. The summed E-state index contributed by atoms with van der Waals surface area (Å²) < 4.78 is -0.995. The number of ketones is 1. The molecule has 0 aliphatic carbocycles. The smallest absolute Gasteiger partial charge is 0.372 e. The third-order valence-corrected chi connectivity index (χ3v) is 2.65. The summed E-state index contributed by atoms with van der Waals surface area (Å²) in [5.74, 6) is -2.21. The number of nitrogens with zero attached hydrogens (tertiary/aromatic N) is 2. The fourth-order valence-electron chi connectivity index (χ4n) is 1.67. The number of carbonyl (C=O) groups excluding carboxylic acids is 3. The highest BCUT2D eigenvalue weighted by Gasteiger charge is 2.33. The molecule has 0 bridgehead atoms. The molecule has 3 N–H and O–H groups in total. The molecule has 0 saturated carbocycles. The number of Topliss-reactive ketones (excluding diaryl/α,β-unsaturated/α-hetero) is 1. The Balaban J connectivity index is 2.09. The van der Waals surface area contributed by atoms with Crippen molar-refractivity contribution >= 4 is 17.7 Å². The van der Waals surface area contributed by atoms with Gasteiger partial charge in [0, 0.05) is 0 Å². The van der Waals surface area contributed by atoms with Gasteiger partial charge in [-0.25, -0.2) is 14.4 Å². The van der Waals surface area contributed by atoms with E-state index in [9.17, 15) is 24.7 Å². The zero-order chi connectivity index (χ0) is 13.3. The van der Waals surface area contributed by atoms with Crippen LogP contribution in [0.4, 0.5) is 4.79 Å². The summed E-state index contributed by atoms with van der Waals surface area (Å²) in [5.41, 5.74) is 2.11. The van der Waals surface area contributed by atoms with Crippen molar-refractivity contribution in [3.05, 3.63) is 17.2 Å². The topological polar surface area (TPSA) is 122 Å². The molecule has 0 aromatic carbocycles. The van der Waals surface area contributed by atoms with Gasteiger partial charge in [0.05, 0.1) is 19.2 Å². The Hall–Kier alpha value is -1.97. The fraction of sp³-hybridized carbons (Fsp3) is 0.444. The standard InChI is InChI=1S/C9H12N4O5/c14-6-3-8(16)12(4-7(6)15)9(17)11-13(18)2-1-10-5-13/h4,10,15H,1-3,5H2,(H,11,17). The number of aliphatic hydroxyl groups is 1. The number of aliphatic hydroxyl groups excluding tert-OH is 1. The van der Waals surface area contributed by atoms with E-state index >= 15 is 0 Å². The van der Waals surface area contributed by atoms with Crippen LogP contribution in [0.1, 0.15) is 6.42 Å². The average Bonchev–Trinajstić information content (AvgIpc) is 2.70. The van der Waals surface area contributed by atoms with E-state index < -0.39 is 34.7 Å². The maximum atomic E-state index is 11.9. The number of carbonyl (C=O) groups is 3. The molecule has 3 amide bonds. The highest BCUT2D eigenvalue weighted by molar-refractivity contribution is 6.12. The van der Waals surface area contributed by atoms with Crippen LogP contribution in [0.25, 0.3) is 0 Å². The van der Waals surface area contributed by atoms with Gasteiger partial charge >= 0.3 is 6.03 Å². The molecule has 0 radical (unpaired) electrons. The average molecular weight is 256 g/mol. The van der Waals surface area contributed by atoms with Gasteiger partial charge in [0.15, 0.2) is 12.4 Å². The maximum Gasteiger partial charge on any atom is 0.372 e. The molecule has 9 heteroatoms. The lowest BCUT2D eigenvalue weighted by molar-refractivity contribution is -0.904. The molecule has 0 spiro atoms. The van der Waals surface area contributed by atoms with Gasteiger partial charge in [-0.2, -0.15) is 5.43 Å². The van der Waals surface area contributed by atoms with Crippen molar-refractivity contribution in [1.82, 2.24) is 15.6 Å². The highest BCUT2D eigenvalue weighted by atomic mass is 16.6. The lowest BCUT2D eigenvalue weighted by atomic mass is 10.2. The molecule has 2 rings (SSSR count). The third kappa shape index (κ3) is 2.32. The molecule has 0 aromatic rings. The number of hydrogen-bond donors (Lipinski definition) is 3. The number of rotatable bonds is 1. The van der Waals surface area contributed by atoms with Crippen LogP contribution in [-0.4, -0.2) is 52.2 Å². The first kappa shape index (κ1) is 12.5. The number of quaternary nitrogens is 1. The summed E-state index contributed by atoms with van der Waals surface area (Å²) in [6, 6.07) is -0.960. The predicted octanol–water partition coefficient (Wildman–Crippen LogP) is -1.31. The van der Waals surface area contributed by atoms with E-state index in [1.807, 2.05) is 0 Å². The highest BCUT2D eigenvalue weighted by Crippen LogP contribution is 2.12. The molecule has 2 aliphatic heterocycles. The van der Waals surface area contributed by atoms with Crippen LogP contribution in [-0.2, 0) is 9.59 Å². The number of hydroxylamine groups is 2. The molecule has 2 heterocycles. The molecular formula is C9H12N4O5. The second-order valence-electron chi connectivity index (χ2n) is 4.07. The van der Waals surface area contributed by atoms with E-state index in [0.717, 1.165) is 6.20 Å². The quantitative estimate of drug-likeness (QED) is 0.304. The molecule has 0 aromatic heterocycles.